The van der Waals surface area contributed by atoms with Crippen molar-refractivity contribution in [3.63, 3.8) is 0 Å². The molecule has 0 aromatic heterocycles. The average Bonchev–Trinajstić information content (AvgIpc) is 3.21. The average molecular weight is 450 g/mol. The Hall–Kier alpha value is -3.65. The number of ketones is 1. The van der Waals surface area contributed by atoms with E-state index in [4.69, 9.17) is 9.47 Å². The van der Waals surface area contributed by atoms with Gasteiger partial charge in [-0.2, -0.15) is 0 Å². The van der Waals surface area contributed by atoms with E-state index in [1.807, 2.05) is 6.92 Å². The molecule has 4 rings (SSSR count). The summed E-state index contributed by atoms with van der Waals surface area (Å²) >= 11 is 0. The lowest BCUT2D eigenvalue weighted by molar-refractivity contribution is -0.144. The Morgan fingerprint density at radius 2 is 1.70 bits per heavy atom. The first kappa shape index (κ1) is 22.5. The lowest BCUT2D eigenvalue weighted by atomic mass is 9.82. The van der Waals surface area contributed by atoms with Crippen molar-refractivity contribution in [3.05, 3.63) is 65.2 Å². The third-order valence-electron chi connectivity index (χ3n) is 6.14. The summed E-state index contributed by atoms with van der Waals surface area (Å²) in [7, 11) is 3.00. The van der Waals surface area contributed by atoms with Gasteiger partial charge in [-0.25, -0.2) is 0 Å². The van der Waals surface area contributed by atoms with Crippen molar-refractivity contribution in [1.82, 2.24) is 4.90 Å². The third-order valence-corrected chi connectivity index (χ3v) is 6.14. The Labute approximate surface area is 192 Å². The predicted octanol–water partition coefficient (Wildman–Crippen LogP) is 2.67. The highest BCUT2D eigenvalue weighted by Crippen LogP contribution is 2.53. The molecular formula is C25H26N2O6. The first-order chi connectivity index (χ1) is 15.9. The fourth-order valence-electron chi connectivity index (χ4n) is 4.69. The maximum atomic E-state index is 14.1. The van der Waals surface area contributed by atoms with Crippen molar-refractivity contribution < 1.29 is 29.0 Å². The van der Waals surface area contributed by atoms with Crippen molar-refractivity contribution in [3.8, 4) is 5.75 Å². The number of aliphatic hydroxyl groups is 1. The highest BCUT2D eigenvalue weighted by molar-refractivity contribution is 6.50. The van der Waals surface area contributed by atoms with Crippen LogP contribution in [0.1, 0.15) is 24.5 Å². The molecule has 1 N–H and O–H groups in total. The molecule has 33 heavy (non-hydrogen) atoms. The molecule has 1 fully saturated rings. The van der Waals surface area contributed by atoms with Crippen LogP contribution < -0.4 is 9.64 Å². The van der Waals surface area contributed by atoms with Crippen molar-refractivity contribution in [2.75, 3.05) is 38.8 Å². The highest BCUT2D eigenvalue weighted by atomic mass is 16.5. The number of methoxy groups -OCH3 is 2. The zero-order valence-electron chi connectivity index (χ0n) is 18.8. The number of benzene rings is 2. The van der Waals surface area contributed by atoms with Crippen LogP contribution in [0.2, 0.25) is 0 Å². The summed E-state index contributed by atoms with van der Waals surface area (Å²) in [6.45, 7) is 2.50. The number of hydrogen-bond acceptors (Lipinski definition) is 6. The number of para-hydroxylation sites is 1. The van der Waals surface area contributed by atoms with Crippen LogP contribution in [-0.4, -0.2) is 61.5 Å². The van der Waals surface area contributed by atoms with Gasteiger partial charge in [-0.3, -0.25) is 14.4 Å². The largest absolute Gasteiger partial charge is 0.507 e. The molecule has 2 aliphatic heterocycles. The zero-order valence-corrected chi connectivity index (χ0v) is 18.8. The Morgan fingerprint density at radius 3 is 2.33 bits per heavy atom. The van der Waals surface area contributed by atoms with Gasteiger partial charge in [0, 0.05) is 31.3 Å². The van der Waals surface area contributed by atoms with E-state index in [2.05, 4.69) is 0 Å². The Kier molecular flexibility index (Phi) is 5.95. The minimum absolute atomic E-state index is 0.0144. The molecule has 2 aromatic rings. The molecule has 8 nitrogen and oxygen atoms in total. The molecule has 0 unspecified atom stereocenters. The van der Waals surface area contributed by atoms with E-state index in [1.165, 1.54) is 19.1 Å². The van der Waals surface area contributed by atoms with Crippen LogP contribution in [0.5, 0.6) is 5.75 Å². The number of carbonyl (C=O) groups excluding carboxylic acids is 3. The number of fused-ring (bicyclic) bond motifs is 2. The number of aliphatic hydroxyl groups excluding tert-OH is 1. The number of anilines is 1. The van der Waals surface area contributed by atoms with E-state index in [1.54, 1.807) is 53.4 Å². The van der Waals surface area contributed by atoms with Gasteiger partial charge in [0.25, 0.3) is 17.6 Å². The van der Waals surface area contributed by atoms with E-state index >= 15 is 0 Å². The van der Waals surface area contributed by atoms with E-state index in [-0.39, 0.29) is 18.7 Å². The number of likely N-dealkylation sites (tertiary alicyclic amines) is 1. The second kappa shape index (κ2) is 8.71. The maximum absolute atomic E-state index is 14.1. The summed E-state index contributed by atoms with van der Waals surface area (Å²) in [6, 6.07) is 13.5. The van der Waals surface area contributed by atoms with Crippen LogP contribution in [0.15, 0.2) is 54.1 Å². The standard InChI is InChI=1S/C25H26N2O6/c1-4-13-26-19-8-6-5-7-18(19)25(24(26)31)20(22(29)23(30)27(25)14-15-32-2)21(28)16-9-11-17(33-3)12-10-16/h5-12,28H,4,13-15H2,1-3H3/t25-/m0/s1. The van der Waals surface area contributed by atoms with Gasteiger partial charge in [0.05, 0.1) is 25.0 Å². The van der Waals surface area contributed by atoms with Crippen molar-refractivity contribution in [2.45, 2.75) is 18.9 Å². The quantitative estimate of drug-likeness (QED) is 0.396. The van der Waals surface area contributed by atoms with Gasteiger partial charge in [-0.15, -0.1) is 0 Å². The molecule has 172 valence electrons. The Balaban J connectivity index is 2.02. The van der Waals surface area contributed by atoms with Gasteiger partial charge in [-0.1, -0.05) is 25.1 Å². The number of ether oxygens (including phenoxy) is 2. The first-order valence-corrected chi connectivity index (χ1v) is 10.8. The predicted molar refractivity (Wildman–Crippen MR) is 122 cm³/mol. The fourth-order valence-corrected chi connectivity index (χ4v) is 4.69. The summed E-state index contributed by atoms with van der Waals surface area (Å²) in [5, 5.41) is 11.3. The molecule has 1 saturated heterocycles. The summed E-state index contributed by atoms with van der Waals surface area (Å²) in [6.07, 6.45) is 0.680. The molecule has 0 radical (unpaired) electrons. The van der Waals surface area contributed by atoms with Crippen LogP contribution in [-0.2, 0) is 24.7 Å². The number of carbonyl (C=O) groups is 3. The Morgan fingerprint density at radius 1 is 1.00 bits per heavy atom. The normalized spacial score (nSPS) is 21.2. The molecule has 0 bridgehead atoms. The molecule has 8 heteroatoms. The van der Waals surface area contributed by atoms with Crippen molar-refractivity contribution >= 4 is 29.0 Å². The van der Waals surface area contributed by atoms with E-state index in [0.717, 1.165) is 0 Å². The minimum atomic E-state index is -1.76. The first-order valence-electron chi connectivity index (χ1n) is 10.8. The SMILES string of the molecule is CCCN1C(=O)[C@@]2(C(=C(O)c3ccc(OC)cc3)C(=O)C(=O)N2CCOC)c2ccccc21. The fraction of sp³-hybridized carbons (Fsp3) is 0.320. The van der Waals surface area contributed by atoms with Gasteiger partial charge in [-0.05, 0) is 36.8 Å². The van der Waals surface area contributed by atoms with Gasteiger partial charge in [0.15, 0.2) is 5.54 Å². The summed E-state index contributed by atoms with van der Waals surface area (Å²) in [5.74, 6) is -2.02. The second-order valence-electron chi connectivity index (χ2n) is 7.92. The number of rotatable bonds is 7. The van der Waals surface area contributed by atoms with Crippen LogP contribution in [0, 0.1) is 0 Å². The van der Waals surface area contributed by atoms with Gasteiger partial charge < -0.3 is 24.4 Å². The summed E-state index contributed by atoms with van der Waals surface area (Å²) in [5.41, 5.74) is -0.574. The van der Waals surface area contributed by atoms with Gasteiger partial charge >= 0.3 is 0 Å². The molecule has 0 saturated carbocycles. The molecule has 1 atom stereocenters. The summed E-state index contributed by atoms with van der Waals surface area (Å²) in [4.78, 5) is 43.5. The van der Waals surface area contributed by atoms with E-state index < -0.39 is 28.9 Å². The smallest absolute Gasteiger partial charge is 0.296 e. The number of nitrogens with zero attached hydrogens (tertiary/aromatic N) is 2. The number of hydrogen-bond donors (Lipinski definition) is 1. The van der Waals surface area contributed by atoms with Crippen LogP contribution >= 0.6 is 0 Å². The van der Waals surface area contributed by atoms with E-state index in [0.29, 0.717) is 35.5 Å². The summed E-state index contributed by atoms with van der Waals surface area (Å²) < 4.78 is 10.3. The topological polar surface area (TPSA) is 96.4 Å². The molecule has 1 spiro atoms. The van der Waals surface area contributed by atoms with E-state index in [9.17, 15) is 19.5 Å². The van der Waals surface area contributed by atoms with Crippen molar-refractivity contribution in [2.24, 2.45) is 0 Å². The molecule has 2 heterocycles. The van der Waals surface area contributed by atoms with Gasteiger partial charge in [0.1, 0.15) is 11.5 Å². The second-order valence-corrected chi connectivity index (χ2v) is 7.92. The molecule has 2 aromatic carbocycles. The molecule has 2 aliphatic rings. The lowest BCUT2D eigenvalue weighted by Gasteiger charge is -2.34. The van der Waals surface area contributed by atoms with Crippen LogP contribution in [0.25, 0.3) is 5.76 Å². The van der Waals surface area contributed by atoms with Crippen LogP contribution in [0.3, 0.4) is 0 Å². The van der Waals surface area contributed by atoms with Gasteiger partial charge in [0.2, 0.25) is 0 Å². The number of Topliss-reactive ketones (excluding diaryl/α,β-unsaturated/α-hetero) is 1. The minimum Gasteiger partial charge on any atom is -0.507 e. The highest BCUT2D eigenvalue weighted by Gasteiger charge is 2.66. The number of amides is 2. The zero-order chi connectivity index (χ0) is 23.8. The maximum Gasteiger partial charge on any atom is 0.296 e. The van der Waals surface area contributed by atoms with Crippen molar-refractivity contribution in [1.29, 1.82) is 0 Å². The van der Waals surface area contributed by atoms with Crippen LogP contribution in [0.4, 0.5) is 5.69 Å². The molecule has 0 aliphatic carbocycles. The Bertz CT molecular complexity index is 1140. The molecular weight excluding hydrogens is 424 g/mol. The third kappa shape index (κ3) is 3.21. The lowest BCUT2D eigenvalue weighted by Crippen LogP contribution is -2.52. The monoisotopic (exact) mass is 450 g/mol. The molecule has 2 amide bonds.